The largest absolute Gasteiger partial charge is 0.456 e. The van der Waals surface area contributed by atoms with Crippen LogP contribution < -0.4 is 10.2 Å². The second kappa shape index (κ2) is 12.6. The van der Waals surface area contributed by atoms with Crippen molar-refractivity contribution in [3.8, 4) is 0 Å². The van der Waals surface area contributed by atoms with Crippen LogP contribution in [0, 0.1) is 22.0 Å². The van der Waals surface area contributed by atoms with Gasteiger partial charge in [-0.15, -0.1) is 23.1 Å². The van der Waals surface area contributed by atoms with Gasteiger partial charge in [-0.05, 0) is 24.6 Å². The van der Waals surface area contributed by atoms with E-state index in [1.54, 1.807) is 12.3 Å². The maximum Gasteiger partial charge on any atom is 0.356 e. The number of nitro benzene ring substituents is 1. The minimum absolute atomic E-state index is 0.0584. The molecule has 0 aliphatic carbocycles. The number of ether oxygens (including phenoxy) is 1. The molecule has 5 rings (SSSR count). The van der Waals surface area contributed by atoms with Crippen LogP contribution in [0.25, 0.3) is 0 Å². The number of non-ortho nitro benzene ring substituents is 1. The van der Waals surface area contributed by atoms with Gasteiger partial charge in [0.2, 0.25) is 5.91 Å². The summed E-state index contributed by atoms with van der Waals surface area (Å²) < 4.78 is 5.56. The van der Waals surface area contributed by atoms with Crippen LogP contribution in [-0.2, 0) is 20.9 Å². The van der Waals surface area contributed by atoms with Gasteiger partial charge in [-0.2, -0.15) is 0 Å². The predicted molar refractivity (Wildman–Crippen MR) is 156 cm³/mol. The van der Waals surface area contributed by atoms with Gasteiger partial charge in [0, 0.05) is 46.7 Å². The van der Waals surface area contributed by atoms with Crippen molar-refractivity contribution in [2.45, 2.75) is 43.9 Å². The molecule has 3 aliphatic rings. The molecule has 0 radical (unpaired) electrons. The van der Waals surface area contributed by atoms with Crippen molar-refractivity contribution in [1.82, 2.24) is 15.2 Å². The highest BCUT2D eigenvalue weighted by Crippen LogP contribution is 2.52. The van der Waals surface area contributed by atoms with Gasteiger partial charge < -0.3 is 35.2 Å². The predicted octanol–water partition coefficient (Wildman–Crippen LogP) is 0.869. The van der Waals surface area contributed by atoms with E-state index >= 15 is 0 Å². The summed E-state index contributed by atoms with van der Waals surface area (Å²) in [7, 11) is 0. The molecule has 0 bridgehead atoms. The molecule has 230 valence electrons. The van der Waals surface area contributed by atoms with Gasteiger partial charge in [-0.3, -0.25) is 19.7 Å². The highest BCUT2D eigenvalue weighted by Gasteiger charge is 2.60. The maximum absolute atomic E-state index is 13.4. The Morgan fingerprint density at radius 1 is 1.26 bits per heavy atom. The number of anilines is 1. The number of hydrogen-bond donors (Lipinski definition) is 4. The monoisotopic (exact) mass is 633 g/mol. The summed E-state index contributed by atoms with van der Waals surface area (Å²) in [6.07, 6.45) is -0.876. The van der Waals surface area contributed by atoms with E-state index in [0.717, 1.165) is 0 Å². The fraction of sp³-hybridized carbons (Fsp3) is 0.481. The molecule has 0 saturated carbocycles. The first-order valence-electron chi connectivity index (χ1n) is 13.6. The van der Waals surface area contributed by atoms with Gasteiger partial charge in [0.1, 0.15) is 18.0 Å². The highest BCUT2D eigenvalue weighted by atomic mass is 32.2. The average Bonchev–Trinajstić information content (AvgIpc) is 3.53. The normalized spacial score (nSPS) is 22.3. The molecule has 1 aromatic heterocycles. The van der Waals surface area contributed by atoms with Crippen LogP contribution in [0.5, 0.6) is 0 Å². The molecular weight excluding hydrogens is 602 g/mol. The lowest BCUT2D eigenvalue weighted by Crippen LogP contribution is -2.63. The van der Waals surface area contributed by atoms with Crippen LogP contribution in [0.2, 0.25) is 0 Å². The van der Waals surface area contributed by atoms with Gasteiger partial charge in [-0.25, -0.2) is 9.78 Å². The van der Waals surface area contributed by atoms with E-state index in [-0.39, 0.29) is 46.8 Å². The maximum atomic E-state index is 13.4. The van der Waals surface area contributed by atoms with Gasteiger partial charge >= 0.3 is 5.97 Å². The molecule has 0 unspecified atom stereocenters. The van der Waals surface area contributed by atoms with Crippen molar-refractivity contribution >= 4 is 51.7 Å². The van der Waals surface area contributed by atoms with E-state index in [2.05, 4.69) is 10.3 Å². The zero-order chi connectivity index (χ0) is 31.0. The van der Waals surface area contributed by atoms with E-state index in [9.17, 15) is 39.8 Å². The Morgan fingerprint density at radius 2 is 1.93 bits per heavy atom. The van der Waals surface area contributed by atoms with Crippen LogP contribution in [0.4, 0.5) is 10.8 Å². The Labute approximate surface area is 254 Å². The number of nitrogens with one attached hydrogen (secondary N) is 1. The number of thioether (sulfide) groups is 1. The molecule has 2 amide bonds. The van der Waals surface area contributed by atoms with E-state index in [0.29, 0.717) is 28.7 Å². The number of aromatic nitrogens is 1. The summed E-state index contributed by atoms with van der Waals surface area (Å²) >= 11 is 2.78. The Kier molecular flexibility index (Phi) is 9.03. The molecule has 16 heteroatoms. The lowest BCUT2D eigenvalue weighted by molar-refractivity contribution is -0.384. The van der Waals surface area contributed by atoms with Crippen LogP contribution in [-0.4, -0.2) is 97.7 Å². The van der Waals surface area contributed by atoms with Gasteiger partial charge in [0.05, 0.1) is 42.2 Å². The second-order valence-electron chi connectivity index (χ2n) is 10.7. The first-order valence-corrected chi connectivity index (χ1v) is 15.3. The van der Waals surface area contributed by atoms with E-state index in [4.69, 9.17) is 4.74 Å². The number of nitro groups is 1. The second-order valence-corrected chi connectivity index (χ2v) is 12.8. The van der Waals surface area contributed by atoms with Crippen molar-refractivity contribution in [2.75, 3.05) is 31.2 Å². The first-order chi connectivity index (χ1) is 20.5. The van der Waals surface area contributed by atoms with E-state index in [1.165, 1.54) is 52.3 Å². The molecule has 2 saturated heterocycles. The third-order valence-corrected chi connectivity index (χ3v) is 10.1. The highest BCUT2D eigenvalue weighted by molar-refractivity contribution is 8.03. The molecule has 0 spiro atoms. The number of aliphatic hydroxyl groups is 3. The van der Waals surface area contributed by atoms with Crippen LogP contribution in [0.15, 0.2) is 40.2 Å². The molecule has 2 fully saturated rings. The number of carbonyl (C=O) groups excluding carboxylic acids is 3. The Balaban J connectivity index is 1.26. The molecule has 2 aromatic rings. The minimum atomic E-state index is -0.876. The quantitative estimate of drug-likeness (QED) is 0.112. The molecule has 14 nitrogen and oxygen atoms in total. The molecule has 3 aliphatic heterocycles. The molecular formula is C27H31N5O9S2. The molecule has 4 heterocycles. The topological polar surface area (TPSA) is 196 Å². The van der Waals surface area contributed by atoms with Crippen molar-refractivity contribution < 1.29 is 39.4 Å². The number of carbonyl (C=O) groups is 3. The first kappa shape index (κ1) is 30.9. The molecule has 43 heavy (non-hydrogen) atoms. The van der Waals surface area contributed by atoms with Crippen molar-refractivity contribution in [3.05, 3.63) is 61.6 Å². The smallest absolute Gasteiger partial charge is 0.356 e. The average molecular weight is 634 g/mol. The van der Waals surface area contributed by atoms with E-state index < -0.39 is 48.1 Å². The lowest BCUT2D eigenvalue weighted by atomic mass is 9.79. The summed E-state index contributed by atoms with van der Waals surface area (Å²) in [6, 6.07) is 4.51. The number of β-lactam (4-membered cyclic amide) rings is 1. The Morgan fingerprint density at radius 3 is 2.53 bits per heavy atom. The molecule has 1 aromatic carbocycles. The molecule has 4 atom stereocenters. The summed E-state index contributed by atoms with van der Waals surface area (Å²) in [5.74, 6) is -2.34. The molecule has 4 N–H and O–H groups in total. The van der Waals surface area contributed by atoms with E-state index in [1.807, 2.05) is 11.8 Å². The number of aliphatic hydroxyl groups excluding tert-OH is 3. The Bertz CT molecular complexity index is 1440. The van der Waals surface area contributed by atoms with Crippen LogP contribution >= 0.6 is 23.1 Å². The van der Waals surface area contributed by atoms with Crippen LogP contribution in [0.3, 0.4) is 0 Å². The lowest BCUT2D eigenvalue weighted by Gasteiger charge is -2.46. The van der Waals surface area contributed by atoms with Gasteiger partial charge in [0.15, 0.2) is 5.13 Å². The summed E-state index contributed by atoms with van der Waals surface area (Å²) in [4.78, 5) is 57.6. The number of hydrogen-bond acceptors (Lipinski definition) is 13. The van der Waals surface area contributed by atoms with Gasteiger partial charge in [0.25, 0.3) is 11.6 Å². The number of amides is 2. The number of rotatable bonds is 12. The van der Waals surface area contributed by atoms with Crippen molar-refractivity contribution in [2.24, 2.45) is 11.8 Å². The fourth-order valence-corrected chi connectivity index (χ4v) is 7.71. The number of nitrogens with zero attached hydrogens (tertiary/aromatic N) is 4. The number of esters is 1. The standard InChI is InChI=1S/C27H31N5O9S2/c1-13-21-20(14(2)35)25(37)31(21)22(26(38)41-11-15-3-5-17(6-4-15)32(39)40)23(13)43-18-7-30(8-18)27-29-19(12-42-27)24(36)28-16(9-33)10-34/h3-6,12-14,16,18,20-21,33-35H,7-11H2,1-2H3,(H,28,36)/t13-,14-,20-,21-/m1/s1. The summed E-state index contributed by atoms with van der Waals surface area (Å²) in [6.45, 7) is 3.72. The number of thiazole rings is 1. The van der Waals surface area contributed by atoms with Crippen molar-refractivity contribution in [3.63, 3.8) is 0 Å². The zero-order valence-electron chi connectivity index (χ0n) is 23.3. The third-order valence-electron chi connectivity index (χ3n) is 7.73. The number of benzene rings is 1. The van der Waals surface area contributed by atoms with Crippen LogP contribution in [0.1, 0.15) is 29.9 Å². The summed E-state index contributed by atoms with van der Waals surface area (Å²) in [5, 5.41) is 44.4. The summed E-state index contributed by atoms with van der Waals surface area (Å²) in [5.41, 5.74) is 0.825. The third kappa shape index (κ3) is 5.97. The Hall–Kier alpha value is -3.57. The zero-order valence-corrected chi connectivity index (χ0v) is 24.9. The van der Waals surface area contributed by atoms with Crippen molar-refractivity contribution in [1.29, 1.82) is 0 Å². The minimum Gasteiger partial charge on any atom is -0.456 e. The van der Waals surface area contributed by atoms with Gasteiger partial charge in [-0.1, -0.05) is 6.92 Å². The SMILES string of the molecule is C[C@@H](O)[C@H]1C(=O)N2C(C(=O)OCc3ccc([N+](=O)[O-])cc3)=C(SC3CN(c4nc(C(=O)NC(CO)CO)cs4)C3)[C@H](C)[C@H]12. The fourth-order valence-electron chi connectivity index (χ4n) is 5.37. The number of fused-ring (bicyclic) bond motifs is 1.